The molecule has 2 N–H and O–H groups in total. The lowest BCUT2D eigenvalue weighted by molar-refractivity contribution is 0.199. The summed E-state index contributed by atoms with van der Waals surface area (Å²) in [5.74, 6) is -0.191. The van der Waals surface area contributed by atoms with E-state index < -0.39 is 0 Å². The van der Waals surface area contributed by atoms with Crippen LogP contribution in [0.1, 0.15) is 18.4 Å². The predicted molar refractivity (Wildman–Crippen MR) is 63.9 cm³/mol. The lowest BCUT2D eigenvalue weighted by Gasteiger charge is -2.30. The van der Waals surface area contributed by atoms with Crippen LogP contribution < -0.4 is 5.73 Å². The van der Waals surface area contributed by atoms with Crippen molar-refractivity contribution in [2.75, 3.05) is 13.1 Å². The zero-order valence-electron chi connectivity index (χ0n) is 9.13. The van der Waals surface area contributed by atoms with E-state index in [1.165, 1.54) is 6.07 Å². The summed E-state index contributed by atoms with van der Waals surface area (Å²) < 4.78 is 13.5. The smallest absolute Gasteiger partial charge is 0.127 e. The molecule has 0 unspecified atom stereocenters. The van der Waals surface area contributed by atoms with Gasteiger partial charge in [0, 0.05) is 29.7 Å². The summed E-state index contributed by atoms with van der Waals surface area (Å²) in [6, 6.07) is 4.90. The minimum atomic E-state index is -0.191. The number of rotatable bonds is 2. The molecule has 1 aromatic carbocycles. The molecule has 1 fully saturated rings. The molecular formula is C12H16ClFN2. The van der Waals surface area contributed by atoms with Crippen LogP contribution in [0.3, 0.4) is 0 Å². The van der Waals surface area contributed by atoms with Gasteiger partial charge in [0.05, 0.1) is 0 Å². The molecule has 0 amide bonds. The Kier molecular flexibility index (Phi) is 3.79. The Morgan fingerprint density at radius 3 is 3.06 bits per heavy atom. The number of hydrogen-bond donors (Lipinski definition) is 1. The Balaban J connectivity index is 2.05. The first-order valence-corrected chi connectivity index (χ1v) is 5.95. The molecule has 2 nitrogen and oxygen atoms in total. The first-order valence-electron chi connectivity index (χ1n) is 5.57. The lowest BCUT2D eigenvalue weighted by atomic mass is 10.1. The van der Waals surface area contributed by atoms with Gasteiger partial charge in [0.2, 0.25) is 0 Å². The Morgan fingerprint density at radius 1 is 1.50 bits per heavy atom. The highest BCUT2D eigenvalue weighted by atomic mass is 35.5. The van der Waals surface area contributed by atoms with Crippen LogP contribution in [0, 0.1) is 5.82 Å². The molecule has 0 saturated carbocycles. The summed E-state index contributed by atoms with van der Waals surface area (Å²) in [5, 5.41) is 0.581. The average Bonchev–Trinajstić information content (AvgIpc) is 2.24. The van der Waals surface area contributed by atoms with E-state index in [9.17, 15) is 4.39 Å². The van der Waals surface area contributed by atoms with Gasteiger partial charge in [-0.1, -0.05) is 11.6 Å². The average molecular weight is 243 g/mol. The number of hydrogen-bond acceptors (Lipinski definition) is 2. The summed E-state index contributed by atoms with van der Waals surface area (Å²) in [6.07, 6.45) is 2.15. The molecule has 2 rings (SSSR count). The monoisotopic (exact) mass is 242 g/mol. The van der Waals surface area contributed by atoms with Crippen LogP contribution >= 0.6 is 11.6 Å². The van der Waals surface area contributed by atoms with Crippen molar-refractivity contribution in [1.82, 2.24) is 4.90 Å². The minimum Gasteiger partial charge on any atom is -0.327 e. The fourth-order valence-corrected chi connectivity index (χ4v) is 2.33. The molecule has 88 valence electrons. The molecule has 1 atom stereocenters. The highest BCUT2D eigenvalue weighted by molar-refractivity contribution is 6.30. The van der Waals surface area contributed by atoms with E-state index in [-0.39, 0.29) is 11.9 Å². The highest BCUT2D eigenvalue weighted by Gasteiger charge is 2.17. The molecule has 0 aliphatic carbocycles. The van der Waals surface area contributed by atoms with Crippen LogP contribution in [0.15, 0.2) is 18.2 Å². The maximum atomic E-state index is 13.5. The minimum absolute atomic E-state index is 0.191. The van der Waals surface area contributed by atoms with Gasteiger partial charge < -0.3 is 5.73 Å². The normalized spacial score (nSPS) is 22.3. The first-order chi connectivity index (χ1) is 7.65. The van der Waals surface area contributed by atoms with E-state index in [4.69, 9.17) is 17.3 Å². The largest absolute Gasteiger partial charge is 0.327 e. The second-order valence-electron chi connectivity index (χ2n) is 4.37. The molecule has 1 saturated heterocycles. The maximum Gasteiger partial charge on any atom is 0.127 e. The zero-order chi connectivity index (χ0) is 11.5. The van der Waals surface area contributed by atoms with Gasteiger partial charge in [-0.05, 0) is 37.6 Å². The van der Waals surface area contributed by atoms with Gasteiger partial charge in [-0.3, -0.25) is 4.90 Å². The van der Waals surface area contributed by atoms with Crippen molar-refractivity contribution < 1.29 is 4.39 Å². The van der Waals surface area contributed by atoms with Gasteiger partial charge in [-0.15, -0.1) is 0 Å². The molecule has 0 spiro atoms. The number of halogens is 2. The molecule has 0 bridgehead atoms. The van der Waals surface area contributed by atoms with Crippen LogP contribution in [0.5, 0.6) is 0 Å². The van der Waals surface area contributed by atoms with Gasteiger partial charge in [-0.2, -0.15) is 0 Å². The quantitative estimate of drug-likeness (QED) is 0.863. The number of benzene rings is 1. The van der Waals surface area contributed by atoms with Crippen molar-refractivity contribution in [3.05, 3.63) is 34.6 Å². The van der Waals surface area contributed by atoms with Gasteiger partial charge in [0.1, 0.15) is 5.82 Å². The number of likely N-dealkylation sites (tertiary alicyclic amines) is 1. The summed E-state index contributed by atoms with van der Waals surface area (Å²) in [5.41, 5.74) is 6.54. The predicted octanol–water partition coefficient (Wildman–Crippen LogP) is 2.40. The summed E-state index contributed by atoms with van der Waals surface area (Å²) in [7, 11) is 0. The SMILES string of the molecule is N[C@H]1CCCN(Cc2cc(Cl)ccc2F)C1. The van der Waals surface area contributed by atoms with Gasteiger partial charge in [0.15, 0.2) is 0 Å². The van der Waals surface area contributed by atoms with Crippen molar-refractivity contribution in [3.8, 4) is 0 Å². The molecule has 1 aromatic rings. The summed E-state index contributed by atoms with van der Waals surface area (Å²) >= 11 is 5.85. The molecule has 0 aromatic heterocycles. The molecule has 16 heavy (non-hydrogen) atoms. The third-order valence-electron chi connectivity index (χ3n) is 2.94. The van der Waals surface area contributed by atoms with Gasteiger partial charge >= 0.3 is 0 Å². The molecule has 1 aliphatic rings. The third kappa shape index (κ3) is 2.94. The zero-order valence-corrected chi connectivity index (χ0v) is 9.88. The molecule has 1 heterocycles. The van der Waals surface area contributed by atoms with Crippen molar-refractivity contribution in [3.63, 3.8) is 0 Å². The second-order valence-corrected chi connectivity index (χ2v) is 4.81. The highest BCUT2D eigenvalue weighted by Crippen LogP contribution is 2.18. The molecule has 0 radical (unpaired) electrons. The number of nitrogens with zero attached hydrogens (tertiary/aromatic N) is 1. The fraction of sp³-hybridized carbons (Fsp3) is 0.500. The van der Waals surface area contributed by atoms with Crippen molar-refractivity contribution in [2.45, 2.75) is 25.4 Å². The van der Waals surface area contributed by atoms with Crippen LogP contribution in [-0.4, -0.2) is 24.0 Å². The Morgan fingerprint density at radius 2 is 2.31 bits per heavy atom. The number of nitrogens with two attached hydrogens (primary N) is 1. The molecule has 1 aliphatic heterocycles. The van der Waals surface area contributed by atoms with Crippen molar-refractivity contribution in [1.29, 1.82) is 0 Å². The first kappa shape index (κ1) is 11.8. The lowest BCUT2D eigenvalue weighted by Crippen LogP contribution is -2.42. The molecular weight excluding hydrogens is 227 g/mol. The Labute approximate surface area is 100 Å². The van der Waals surface area contributed by atoms with E-state index in [2.05, 4.69) is 4.90 Å². The summed E-state index contributed by atoms with van der Waals surface area (Å²) in [4.78, 5) is 2.18. The summed E-state index contributed by atoms with van der Waals surface area (Å²) in [6.45, 7) is 2.42. The van der Waals surface area contributed by atoms with E-state index in [0.717, 1.165) is 25.9 Å². The van der Waals surface area contributed by atoms with E-state index in [0.29, 0.717) is 17.1 Å². The van der Waals surface area contributed by atoms with Crippen LogP contribution in [-0.2, 0) is 6.54 Å². The van der Waals surface area contributed by atoms with Crippen LogP contribution in [0.2, 0.25) is 5.02 Å². The fourth-order valence-electron chi connectivity index (χ4n) is 2.14. The third-order valence-corrected chi connectivity index (χ3v) is 3.18. The van der Waals surface area contributed by atoms with Crippen LogP contribution in [0.25, 0.3) is 0 Å². The van der Waals surface area contributed by atoms with Crippen molar-refractivity contribution in [2.24, 2.45) is 5.73 Å². The Bertz CT molecular complexity index is 370. The Hall–Kier alpha value is -0.640. The van der Waals surface area contributed by atoms with E-state index in [1.54, 1.807) is 12.1 Å². The van der Waals surface area contributed by atoms with Crippen LogP contribution in [0.4, 0.5) is 4.39 Å². The van der Waals surface area contributed by atoms with Gasteiger partial charge in [-0.25, -0.2) is 4.39 Å². The van der Waals surface area contributed by atoms with E-state index >= 15 is 0 Å². The van der Waals surface area contributed by atoms with E-state index in [1.807, 2.05) is 0 Å². The molecule has 4 heteroatoms. The number of piperidine rings is 1. The maximum absolute atomic E-state index is 13.5. The standard InChI is InChI=1S/C12H16ClFN2/c13-10-3-4-12(14)9(6-10)7-16-5-1-2-11(15)8-16/h3-4,6,11H,1-2,5,7-8,15H2/t11-/m0/s1. The topological polar surface area (TPSA) is 29.3 Å². The second kappa shape index (κ2) is 5.13. The van der Waals surface area contributed by atoms with Crippen molar-refractivity contribution >= 4 is 11.6 Å². The van der Waals surface area contributed by atoms with Gasteiger partial charge in [0.25, 0.3) is 0 Å².